The third kappa shape index (κ3) is 4.33. The Bertz CT molecular complexity index is 651. The van der Waals surface area contributed by atoms with E-state index in [1.807, 2.05) is 26.0 Å². The molecule has 0 bridgehead atoms. The van der Waals surface area contributed by atoms with Crippen molar-refractivity contribution in [1.29, 1.82) is 0 Å². The third-order valence-corrected chi connectivity index (χ3v) is 4.37. The molecule has 0 amide bonds. The Labute approximate surface area is 142 Å². The van der Waals surface area contributed by atoms with Gasteiger partial charge in [-0.25, -0.2) is 0 Å². The van der Waals surface area contributed by atoms with Gasteiger partial charge in [0.1, 0.15) is 5.75 Å². The van der Waals surface area contributed by atoms with Crippen LogP contribution in [0.15, 0.2) is 22.7 Å². The van der Waals surface area contributed by atoms with Crippen LogP contribution in [0.3, 0.4) is 0 Å². The lowest BCUT2D eigenvalue weighted by atomic mass is 10.0. The number of aliphatic hydroxyl groups is 1. The zero-order chi connectivity index (χ0) is 16.9. The number of ether oxygens (including phenoxy) is 1. The van der Waals surface area contributed by atoms with Crippen molar-refractivity contribution in [3.8, 4) is 5.75 Å². The molecule has 0 spiro atoms. The van der Waals surface area contributed by atoms with E-state index in [0.29, 0.717) is 18.3 Å². The van der Waals surface area contributed by atoms with Crippen molar-refractivity contribution in [3.05, 3.63) is 41.0 Å². The van der Waals surface area contributed by atoms with Crippen LogP contribution in [-0.2, 0) is 13.2 Å². The fourth-order valence-corrected chi connectivity index (χ4v) is 3.23. The van der Waals surface area contributed by atoms with Crippen LogP contribution >= 0.6 is 0 Å². The highest BCUT2D eigenvalue weighted by molar-refractivity contribution is 5.32. The number of nitrogens with zero attached hydrogens (tertiary/aromatic N) is 3. The number of rotatable bonds is 6. The van der Waals surface area contributed by atoms with Crippen molar-refractivity contribution in [2.24, 2.45) is 0 Å². The predicted molar refractivity (Wildman–Crippen MR) is 89.7 cm³/mol. The molecule has 0 aliphatic carbocycles. The molecule has 1 fully saturated rings. The van der Waals surface area contributed by atoms with E-state index in [0.717, 1.165) is 25.1 Å². The monoisotopic (exact) mass is 331 g/mol. The highest BCUT2D eigenvalue weighted by Gasteiger charge is 2.23. The molecule has 24 heavy (non-hydrogen) atoms. The van der Waals surface area contributed by atoms with E-state index < -0.39 is 0 Å². The molecular weight excluding hydrogens is 306 g/mol. The summed E-state index contributed by atoms with van der Waals surface area (Å²) >= 11 is 0. The highest BCUT2D eigenvalue weighted by atomic mass is 16.5. The summed E-state index contributed by atoms with van der Waals surface area (Å²) < 4.78 is 11.1. The topological polar surface area (TPSA) is 71.6 Å². The Balaban J connectivity index is 1.57. The predicted octanol–water partition coefficient (Wildman–Crippen LogP) is 2.61. The lowest BCUT2D eigenvalue weighted by Gasteiger charge is -2.33. The van der Waals surface area contributed by atoms with Crippen molar-refractivity contribution < 1.29 is 14.4 Å². The molecule has 0 unspecified atom stereocenters. The van der Waals surface area contributed by atoms with Gasteiger partial charge in [-0.1, -0.05) is 17.6 Å². The van der Waals surface area contributed by atoms with Gasteiger partial charge in [0.2, 0.25) is 11.7 Å². The molecule has 2 heterocycles. The van der Waals surface area contributed by atoms with Crippen LogP contribution in [0.1, 0.15) is 42.1 Å². The number of aromatic nitrogens is 2. The number of aliphatic hydroxyl groups excluding tert-OH is 1. The minimum Gasteiger partial charge on any atom is -0.485 e. The number of benzene rings is 1. The molecule has 1 aliphatic heterocycles. The smallest absolute Gasteiger partial charge is 0.240 e. The maximum absolute atomic E-state index is 9.47. The first-order chi connectivity index (χ1) is 11.6. The third-order valence-electron chi connectivity index (χ3n) is 4.37. The van der Waals surface area contributed by atoms with Crippen LogP contribution in [0.4, 0.5) is 0 Å². The first-order valence-electron chi connectivity index (χ1n) is 8.51. The Morgan fingerprint density at radius 3 is 2.79 bits per heavy atom. The SMILES string of the molecule is Cc1cc(C)cc(OCc2noc(CN3CCCC[C@@H]3CO)n2)c1. The second-order valence-corrected chi connectivity index (χ2v) is 6.52. The van der Waals surface area contributed by atoms with E-state index in [4.69, 9.17) is 9.26 Å². The lowest BCUT2D eigenvalue weighted by molar-refractivity contribution is 0.0749. The molecule has 1 aromatic heterocycles. The van der Waals surface area contributed by atoms with E-state index in [2.05, 4.69) is 21.1 Å². The van der Waals surface area contributed by atoms with E-state index in [1.165, 1.54) is 17.5 Å². The van der Waals surface area contributed by atoms with Crippen molar-refractivity contribution in [3.63, 3.8) is 0 Å². The average molecular weight is 331 g/mol. The summed E-state index contributed by atoms with van der Waals surface area (Å²) in [6, 6.07) is 6.29. The van der Waals surface area contributed by atoms with Gasteiger partial charge in [-0.15, -0.1) is 0 Å². The summed E-state index contributed by atoms with van der Waals surface area (Å²) in [5.74, 6) is 1.94. The van der Waals surface area contributed by atoms with Crippen LogP contribution in [0.2, 0.25) is 0 Å². The summed E-state index contributed by atoms with van der Waals surface area (Å²) in [5, 5.41) is 13.5. The summed E-state index contributed by atoms with van der Waals surface area (Å²) in [6.07, 6.45) is 3.33. The molecule has 0 radical (unpaired) electrons. The summed E-state index contributed by atoms with van der Waals surface area (Å²) in [4.78, 5) is 6.62. The Kier molecular flexibility index (Phi) is 5.48. The fourth-order valence-electron chi connectivity index (χ4n) is 3.23. The minimum absolute atomic E-state index is 0.177. The van der Waals surface area contributed by atoms with Crippen LogP contribution in [0, 0.1) is 13.8 Å². The van der Waals surface area contributed by atoms with Gasteiger partial charge in [-0.3, -0.25) is 4.90 Å². The van der Waals surface area contributed by atoms with Gasteiger partial charge in [0.25, 0.3) is 0 Å². The summed E-state index contributed by atoms with van der Waals surface area (Å²) in [7, 11) is 0. The Morgan fingerprint density at radius 2 is 2.04 bits per heavy atom. The van der Waals surface area contributed by atoms with Crippen molar-refractivity contribution in [2.45, 2.75) is 52.3 Å². The highest BCUT2D eigenvalue weighted by Crippen LogP contribution is 2.20. The van der Waals surface area contributed by atoms with E-state index in [1.54, 1.807) is 0 Å². The second kappa shape index (κ2) is 7.77. The number of hydrogen-bond donors (Lipinski definition) is 1. The van der Waals surface area contributed by atoms with Crippen LogP contribution < -0.4 is 4.74 Å². The molecule has 1 aromatic carbocycles. The second-order valence-electron chi connectivity index (χ2n) is 6.52. The quantitative estimate of drug-likeness (QED) is 0.877. The Morgan fingerprint density at radius 1 is 1.25 bits per heavy atom. The van der Waals surface area contributed by atoms with Gasteiger partial charge in [0.05, 0.1) is 13.2 Å². The summed E-state index contributed by atoms with van der Waals surface area (Å²) in [6.45, 7) is 6.10. The molecule has 130 valence electrons. The zero-order valence-corrected chi connectivity index (χ0v) is 14.4. The molecule has 6 heteroatoms. The minimum atomic E-state index is 0.177. The van der Waals surface area contributed by atoms with Gasteiger partial charge < -0.3 is 14.4 Å². The van der Waals surface area contributed by atoms with Crippen LogP contribution in [0.25, 0.3) is 0 Å². The van der Waals surface area contributed by atoms with Gasteiger partial charge in [-0.05, 0) is 56.5 Å². The van der Waals surface area contributed by atoms with Gasteiger partial charge in [-0.2, -0.15) is 4.98 Å². The standard InChI is InChI=1S/C18H25N3O3/c1-13-7-14(2)9-16(8-13)23-12-17-19-18(24-20-17)10-21-6-4-3-5-15(21)11-22/h7-9,15,22H,3-6,10-12H2,1-2H3/t15-/m1/s1. The summed E-state index contributed by atoms with van der Waals surface area (Å²) in [5.41, 5.74) is 2.33. The van der Waals surface area contributed by atoms with Crippen molar-refractivity contribution in [2.75, 3.05) is 13.2 Å². The molecule has 6 nitrogen and oxygen atoms in total. The number of likely N-dealkylation sites (tertiary alicyclic amines) is 1. The lowest BCUT2D eigenvalue weighted by Crippen LogP contribution is -2.41. The largest absolute Gasteiger partial charge is 0.485 e. The zero-order valence-electron chi connectivity index (χ0n) is 14.4. The molecule has 1 N–H and O–H groups in total. The first-order valence-corrected chi connectivity index (χ1v) is 8.51. The Hall–Kier alpha value is -1.92. The van der Waals surface area contributed by atoms with E-state index >= 15 is 0 Å². The number of piperidine rings is 1. The van der Waals surface area contributed by atoms with E-state index in [9.17, 15) is 5.11 Å². The normalized spacial score (nSPS) is 18.7. The van der Waals surface area contributed by atoms with E-state index in [-0.39, 0.29) is 19.3 Å². The van der Waals surface area contributed by atoms with Crippen molar-refractivity contribution in [1.82, 2.24) is 15.0 Å². The molecule has 1 saturated heterocycles. The number of aryl methyl sites for hydroxylation is 2. The maximum atomic E-state index is 9.47. The molecule has 0 saturated carbocycles. The fraction of sp³-hybridized carbons (Fsp3) is 0.556. The van der Waals surface area contributed by atoms with Gasteiger partial charge in [0, 0.05) is 6.04 Å². The first kappa shape index (κ1) is 16.9. The number of hydrogen-bond acceptors (Lipinski definition) is 6. The van der Waals surface area contributed by atoms with Crippen LogP contribution in [-0.4, -0.2) is 39.3 Å². The van der Waals surface area contributed by atoms with Gasteiger partial charge in [0.15, 0.2) is 6.61 Å². The molecule has 1 atom stereocenters. The average Bonchev–Trinajstić information content (AvgIpc) is 3.00. The molecule has 2 aromatic rings. The maximum Gasteiger partial charge on any atom is 0.240 e. The molecule has 1 aliphatic rings. The molecule has 3 rings (SSSR count). The molecular formula is C18H25N3O3. The van der Waals surface area contributed by atoms with Gasteiger partial charge >= 0.3 is 0 Å². The van der Waals surface area contributed by atoms with Crippen LogP contribution in [0.5, 0.6) is 5.75 Å². The van der Waals surface area contributed by atoms with Crippen molar-refractivity contribution >= 4 is 0 Å².